The van der Waals surface area contributed by atoms with E-state index in [-0.39, 0.29) is 35.2 Å². The summed E-state index contributed by atoms with van der Waals surface area (Å²) in [6.07, 6.45) is 3.21. The van der Waals surface area contributed by atoms with Crippen LogP contribution < -0.4 is 10.3 Å². The van der Waals surface area contributed by atoms with Gasteiger partial charge in [-0.05, 0) is 42.0 Å². The third kappa shape index (κ3) is 4.55. The van der Waals surface area contributed by atoms with Crippen LogP contribution in [-0.4, -0.2) is 46.7 Å². The fourth-order valence-electron chi connectivity index (χ4n) is 5.26. The second kappa shape index (κ2) is 9.76. The number of aromatic nitrogens is 1. The number of rotatable bonds is 5. The van der Waals surface area contributed by atoms with Crippen molar-refractivity contribution in [3.63, 3.8) is 0 Å². The van der Waals surface area contributed by atoms with E-state index >= 15 is 4.39 Å². The molecule has 0 amide bonds. The molecule has 0 bridgehead atoms. The maximum atomic E-state index is 15.2. The minimum atomic E-state index is -1.30. The molecule has 0 unspecified atom stereocenters. The molecule has 192 valence electrons. The molecule has 1 aliphatic carbocycles. The summed E-state index contributed by atoms with van der Waals surface area (Å²) in [5.74, 6) is -2.06. The summed E-state index contributed by atoms with van der Waals surface area (Å²) < 4.78 is 31.2. The van der Waals surface area contributed by atoms with Crippen LogP contribution in [0.1, 0.15) is 34.8 Å². The number of carbonyl (C=O) groups is 1. The molecule has 1 saturated heterocycles. The second-order valence-electron chi connectivity index (χ2n) is 9.65. The molecule has 1 saturated carbocycles. The van der Waals surface area contributed by atoms with Gasteiger partial charge in [0.05, 0.1) is 11.2 Å². The smallest absolute Gasteiger partial charge is 0.341 e. The Morgan fingerprint density at radius 1 is 0.919 bits per heavy atom. The molecule has 3 aromatic carbocycles. The first-order valence-corrected chi connectivity index (χ1v) is 12.2. The Balaban J connectivity index is 0.00000280. The van der Waals surface area contributed by atoms with Crippen LogP contribution >= 0.6 is 12.4 Å². The number of halogens is 3. The highest BCUT2D eigenvalue weighted by atomic mass is 35.5. The Labute approximate surface area is 218 Å². The van der Waals surface area contributed by atoms with E-state index in [1.54, 1.807) is 12.1 Å². The fourth-order valence-corrected chi connectivity index (χ4v) is 5.26. The predicted octanol–water partition coefficient (Wildman–Crippen LogP) is 5.21. The van der Waals surface area contributed by atoms with Crippen molar-refractivity contribution in [1.82, 2.24) is 9.47 Å². The van der Waals surface area contributed by atoms with Gasteiger partial charge in [0, 0.05) is 55.7 Å². The SMILES string of the molecule is Cl.O=C(O)c1cn(C2CC2)c2cc(N3CCN(Cc4ccc(F)c5ccccc45)CC3)c(F)cc2c1=O. The molecule has 6 nitrogen and oxygen atoms in total. The van der Waals surface area contributed by atoms with Crippen LogP contribution in [0.5, 0.6) is 0 Å². The lowest BCUT2D eigenvalue weighted by atomic mass is 10.0. The molecule has 2 heterocycles. The van der Waals surface area contributed by atoms with Crippen molar-refractivity contribution < 1.29 is 18.7 Å². The number of aromatic carboxylic acids is 1. The molecule has 0 spiro atoms. The van der Waals surface area contributed by atoms with E-state index in [2.05, 4.69) is 4.90 Å². The Morgan fingerprint density at radius 3 is 2.30 bits per heavy atom. The van der Waals surface area contributed by atoms with Crippen LogP contribution in [-0.2, 0) is 6.54 Å². The van der Waals surface area contributed by atoms with Gasteiger partial charge < -0.3 is 14.6 Å². The van der Waals surface area contributed by atoms with Gasteiger partial charge in [-0.1, -0.05) is 30.3 Å². The highest BCUT2D eigenvalue weighted by Crippen LogP contribution is 2.38. The second-order valence-corrected chi connectivity index (χ2v) is 9.65. The fraction of sp³-hybridized carbons (Fsp3) is 0.286. The van der Waals surface area contributed by atoms with Crippen LogP contribution in [0.3, 0.4) is 0 Å². The van der Waals surface area contributed by atoms with Gasteiger partial charge >= 0.3 is 5.97 Å². The van der Waals surface area contributed by atoms with Crippen LogP contribution in [0.15, 0.2) is 59.5 Å². The number of fused-ring (bicyclic) bond motifs is 2. The zero-order chi connectivity index (χ0) is 25.0. The van der Waals surface area contributed by atoms with E-state index in [1.165, 1.54) is 18.3 Å². The number of benzene rings is 3. The zero-order valence-electron chi connectivity index (χ0n) is 20.0. The number of pyridine rings is 1. The number of carboxylic acids is 1. The molecule has 37 heavy (non-hydrogen) atoms. The van der Waals surface area contributed by atoms with E-state index < -0.39 is 17.2 Å². The normalized spacial score (nSPS) is 16.2. The maximum Gasteiger partial charge on any atom is 0.341 e. The Kier molecular flexibility index (Phi) is 6.64. The summed E-state index contributed by atoms with van der Waals surface area (Å²) >= 11 is 0. The topological polar surface area (TPSA) is 65.8 Å². The van der Waals surface area contributed by atoms with Gasteiger partial charge in [0.25, 0.3) is 0 Å². The van der Waals surface area contributed by atoms with E-state index in [1.807, 2.05) is 33.7 Å². The van der Waals surface area contributed by atoms with E-state index in [0.717, 1.165) is 23.8 Å². The van der Waals surface area contributed by atoms with Crippen molar-refractivity contribution >= 4 is 45.7 Å². The van der Waals surface area contributed by atoms with Crippen LogP contribution in [0.4, 0.5) is 14.5 Å². The highest BCUT2D eigenvalue weighted by molar-refractivity contribution is 5.93. The first-order chi connectivity index (χ1) is 17.4. The van der Waals surface area contributed by atoms with Crippen molar-refractivity contribution in [2.24, 2.45) is 0 Å². The van der Waals surface area contributed by atoms with E-state index in [0.29, 0.717) is 49.3 Å². The summed E-state index contributed by atoms with van der Waals surface area (Å²) in [4.78, 5) is 28.5. The first-order valence-electron chi connectivity index (χ1n) is 12.2. The number of nitrogens with zero attached hydrogens (tertiary/aromatic N) is 3. The highest BCUT2D eigenvalue weighted by Gasteiger charge is 2.28. The average Bonchev–Trinajstić information content (AvgIpc) is 3.72. The number of piperazine rings is 1. The number of hydrogen-bond donors (Lipinski definition) is 1. The minimum absolute atomic E-state index is 0. The zero-order valence-corrected chi connectivity index (χ0v) is 20.8. The molecule has 0 atom stereocenters. The molecule has 4 aromatic rings. The summed E-state index contributed by atoms with van der Waals surface area (Å²) in [5.41, 5.74) is 1.06. The van der Waals surface area contributed by atoms with Gasteiger partial charge in [0.15, 0.2) is 0 Å². The van der Waals surface area contributed by atoms with Gasteiger partial charge in [-0.2, -0.15) is 0 Å². The third-order valence-electron chi connectivity index (χ3n) is 7.34. The lowest BCUT2D eigenvalue weighted by Gasteiger charge is -2.36. The van der Waals surface area contributed by atoms with Gasteiger partial charge in [0.1, 0.15) is 17.2 Å². The third-order valence-corrected chi connectivity index (χ3v) is 7.34. The van der Waals surface area contributed by atoms with E-state index in [9.17, 15) is 19.1 Å². The molecule has 9 heteroatoms. The molecule has 1 aliphatic heterocycles. The molecule has 1 N–H and O–H groups in total. The van der Waals surface area contributed by atoms with Crippen molar-refractivity contribution in [2.45, 2.75) is 25.4 Å². The van der Waals surface area contributed by atoms with Crippen molar-refractivity contribution in [1.29, 1.82) is 0 Å². The summed E-state index contributed by atoms with van der Waals surface area (Å²) in [6, 6.07) is 13.8. The molecule has 2 aliphatic rings. The lowest BCUT2D eigenvalue weighted by molar-refractivity contribution is 0.0695. The maximum absolute atomic E-state index is 15.2. The molecule has 0 radical (unpaired) electrons. The largest absolute Gasteiger partial charge is 0.477 e. The van der Waals surface area contributed by atoms with Gasteiger partial charge in [-0.3, -0.25) is 9.69 Å². The molecule has 1 aromatic heterocycles. The minimum Gasteiger partial charge on any atom is -0.477 e. The quantitative estimate of drug-likeness (QED) is 0.387. The summed E-state index contributed by atoms with van der Waals surface area (Å²) in [6.45, 7) is 3.28. The van der Waals surface area contributed by atoms with Crippen LogP contribution in [0, 0.1) is 11.6 Å². The van der Waals surface area contributed by atoms with Gasteiger partial charge in [0.2, 0.25) is 5.43 Å². The lowest BCUT2D eigenvalue weighted by Crippen LogP contribution is -2.46. The average molecular weight is 526 g/mol. The number of hydrogen-bond acceptors (Lipinski definition) is 4. The van der Waals surface area contributed by atoms with Gasteiger partial charge in [-0.25, -0.2) is 13.6 Å². The summed E-state index contributed by atoms with van der Waals surface area (Å²) in [7, 11) is 0. The Hall–Kier alpha value is -3.49. The van der Waals surface area contributed by atoms with Crippen LogP contribution in [0.2, 0.25) is 0 Å². The van der Waals surface area contributed by atoms with E-state index in [4.69, 9.17) is 0 Å². The molecular weight excluding hydrogens is 500 g/mol. The van der Waals surface area contributed by atoms with Crippen molar-refractivity contribution in [2.75, 3.05) is 31.1 Å². The predicted molar refractivity (Wildman–Crippen MR) is 142 cm³/mol. The Morgan fingerprint density at radius 2 is 1.62 bits per heavy atom. The van der Waals surface area contributed by atoms with Gasteiger partial charge in [-0.15, -0.1) is 12.4 Å². The van der Waals surface area contributed by atoms with Crippen molar-refractivity contribution in [3.05, 3.63) is 87.7 Å². The standard InChI is InChI=1S/C28H25F2N3O3.ClH/c29-23-8-5-17(19-3-1-2-4-20(19)23)15-31-9-11-32(12-10-31)26-14-25-21(13-24(26)30)27(34)22(28(35)36)16-33(25)18-6-7-18;/h1-5,8,13-14,16,18H,6-7,9-12,15H2,(H,35,36);1H. The number of carboxylic acid groups (broad SMARTS) is 1. The monoisotopic (exact) mass is 525 g/mol. The molecule has 6 rings (SSSR count). The van der Waals surface area contributed by atoms with Crippen molar-refractivity contribution in [3.8, 4) is 0 Å². The summed E-state index contributed by atoms with van der Waals surface area (Å²) in [5, 5.41) is 11.1. The Bertz CT molecular complexity index is 1580. The molecular formula is C28H26ClF2N3O3. The van der Waals surface area contributed by atoms with Crippen LogP contribution in [0.25, 0.3) is 21.7 Å². The first kappa shape index (κ1) is 25.2. The molecule has 2 fully saturated rings. The number of anilines is 1.